The molecule has 0 spiro atoms. The molecule has 3 heterocycles. The normalized spacial score (nSPS) is 23.5. The number of aromatic nitrogens is 4. The lowest BCUT2D eigenvalue weighted by Gasteiger charge is -2.24. The number of nitrogens with two attached hydrogens (primary N) is 3. The van der Waals surface area contributed by atoms with Crippen LogP contribution in [0.3, 0.4) is 0 Å². The average Bonchev–Trinajstić information content (AvgIpc) is 3.45. The molecule has 0 aromatic carbocycles. The number of carbonyl (C=O) groups excluding carboxylic acids is 1. The van der Waals surface area contributed by atoms with Crippen LogP contribution in [0.25, 0.3) is 11.2 Å². The first kappa shape index (κ1) is 30.6. The molecule has 39 heavy (non-hydrogen) atoms. The number of hydrogen-bond acceptors (Lipinski definition) is 14. The van der Waals surface area contributed by atoms with Crippen LogP contribution in [0.15, 0.2) is 12.7 Å². The maximum absolute atomic E-state index is 11.2. The number of rotatable bonds is 18. The highest BCUT2D eigenvalue weighted by atomic mass is 16.6. The van der Waals surface area contributed by atoms with Crippen molar-refractivity contribution < 1.29 is 34.4 Å². The number of fused-ring (bicyclic) bond motifs is 1. The lowest BCUT2D eigenvalue weighted by molar-refractivity contribution is -0.138. The molecule has 0 bridgehead atoms. The third kappa shape index (κ3) is 8.50. The zero-order valence-corrected chi connectivity index (χ0v) is 21.6. The first-order valence-corrected chi connectivity index (χ1v) is 12.9. The second-order valence-electron chi connectivity index (χ2n) is 9.55. The zero-order valence-electron chi connectivity index (χ0n) is 21.6. The maximum Gasteiger partial charge on any atom is 0.320 e. The lowest BCUT2D eigenvalue weighted by Crippen LogP contribution is -2.42. The number of nitrogens with zero attached hydrogens (tertiary/aromatic N) is 4. The van der Waals surface area contributed by atoms with Crippen LogP contribution in [0.2, 0.25) is 0 Å². The number of aliphatic hydroxyl groups is 2. The molecule has 11 N–H and O–H groups in total. The Labute approximate surface area is 225 Å². The summed E-state index contributed by atoms with van der Waals surface area (Å²) in [7, 11) is 0. The molecule has 7 atom stereocenters. The van der Waals surface area contributed by atoms with Gasteiger partial charge < -0.3 is 46.9 Å². The Morgan fingerprint density at radius 1 is 1.13 bits per heavy atom. The molecule has 1 saturated heterocycles. The number of hydrogen-bond donors (Lipinski definition) is 8. The molecule has 1 unspecified atom stereocenters. The van der Waals surface area contributed by atoms with Crippen molar-refractivity contribution in [2.45, 2.75) is 81.4 Å². The van der Waals surface area contributed by atoms with Gasteiger partial charge in [0.1, 0.15) is 30.1 Å². The molecule has 1 fully saturated rings. The lowest BCUT2D eigenvalue weighted by atomic mass is 9.98. The minimum Gasteiger partial charge on any atom is -0.480 e. The van der Waals surface area contributed by atoms with Crippen molar-refractivity contribution in [3.05, 3.63) is 12.7 Å². The van der Waals surface area contributed by atoms with Crippen LogP contribution in [-0.4, -0.2) is 104 Å². The van der Waals surface area contributed by atoms with Gasteiger partial charge in [-0.05, 0) is 45.1 Å². The summed E-state index contributed by atoms with van der Waals surface area (Å²) in [5.41, 5.74) is 17.9. The number of anilines is 1. The number of unbranched alkanes of at least 4 members (excludes halogenated alkanes) is 1. The Bertz CT molecular complexity index is 1060. The van der Waals surface area contributed by atoms with E-state index in [1.807, 2.05) is 0 Å². The molecule has 0 aliphatic carbocycles. The van der Waals surface area contributed by atoms with Crippen LogP contribution in [-0.2, 0) is 19.1 Å². The van der Waals surface area contributed by atoms with E-state index in [4.69, 9.17) is 27.0 Å². The van der Waals surface area contributed by atoms with Gasteiger partial charge in [-0.15, -0.1) is 0 Å². The van der Waals surface area contributed by atoms with Gasteiger partial charge in [0, 0.05) is 19.1 Å². The Morgan fingerprint density at radius 2 is 1.92 bits per heavy atom. The Morgan fingerprint density at radius 3 is 2.67 bits per heavy atom. The monoisotopic (exact) mass is 553 g/mol. The topological polar surface area (TPSA) is 259 Å². The summed E-state index contributed by atoms with van der Waals surface area (Å²) in [6.45, 7) is 2.29. The number of carbonyl (C=O) groups is 2. The first-order valence-electron chi connectivity index (χ1n) is 12.9. The summed E-state index contributed by atoms with van der Waals surface area (Å²) < 4.78 is 12.2. The highest BCUT2D eigenvalue weighted by Crippen LogP contribution is 2.34. The number of nitrogen functional groups attached to an aromatic ring is 1. The molecule has 3 rings (SSSR count). The van der Waals surface area contributed by atoms with E-state index in [9.17, 15) is 19.8 Å². The largest absolute Gasteiger partial charge is 0.480 e. The van der Waals surface area contributed by atoms with E-state index >= 15 is 0 Å². The highest BCUT2D eigenvalue weighted by molar-refractivity contribution is 5.81. The van der Waals surface area contributed by atoms with Crippen LogP contribution >= 0.6 is 0 Å². The van der Waals surface area contributed by atoms with Crippen LogP contribution in [0.5, 0.6) is 0 Å². The number of imidazole rings is 1. The van der Waals surface area contributed by atoms with E-state index in [0.717, 1.165) is 19.4 Å². The molecule has 2 aromatic heterocycles. The van der Waals surface area contributed by atoms with Crippen molar-refractivity contribution in [3.63, 3.8) is 0 Å². The highest BCUT2D eigenvalue weighted by Gasteiger charge is 2.45. The first-order chi connectivity index (χ1) is 18.7. The molecule has 2 aromatic rings. The summed E-state index contributed by atoms with van der Waals surface area (Å²) in [6, 6.07) is -1.25. The fourth-order valence-electron chi connectivity index (χ4n) is 4.52. The van der Waals surface area contributed by atoms with Gasteiger partial charge in [0.2, 0.25) is 0 Å². The van der Waals surface area contributed by atoms with Crippen LogP contribution in [0.4, 0.5) is 5.82 Å². The number of ether oxygens (including phenoxy) is 2. The van der Waals surface area contributed by atoms with Crippen molar-refractivity contribution in [1.82, 2.24) is 30.2 Å². The van der Waals surface area contributed by atoms with Crippen molar-refractivity contribution in [2.24, 2.45) is 11.5 Å². The number of nitrogens with one attached hydrogen (secondary N) is 2. The molecule has 1 aliphatic heterocycles. The minimum atomic E-state index is -1.25. The second kappa shape index (κ2) is 15.0. The molecular formula is C23H39N9O7. The van der Waals surface area contributed by atoms with E-state index in [-0.39, 0.29) is 18.3 Å². The summed E-state index contributed by atoms with van der Waals surface area (Å²) in [4.78, 5) is 33.7. The SMILES string of the molecule is Nc1ncnc2c1ncn2[C@@H]1O[C@H](C[C@H](CC[C@H](N)C(=O)O)NCCNCCCC[C@H](N)OC=O)[C@H](O)C1O. The predicted octanol–water partition coefficient (Wildman–Crippen LogP) is -2.21. The number of aliphatic hydroxyl groups excluding tert-OH is 2. The fourth-order valence-corrected chi connectivity index (χ4v) is 4.52. The van der Waals surface area contributed by atoms with Crippen LogP contribution in [0.1, 0.15) is 44.8 Å². The van der Waals surface area contributed by atoms with E-state index in [2.05, 4.69) is 30.3 Å². The smallest absolute Gasteiger partial charge is 0.320 e. The van der Waals surface area contributed by atoms with Gasteiger partial charge in [-0.2, -0.15) is 0 Å². The summed E-state index contributed by atoms with van der Waals surface area (Å²) in [5.74, 6) is -0.902. The van der Waals surface area contributed by atoms with Gasteiger partial charge in [0.05, 0.1) is 12.4 Å². The Kier molecular flexibility index (Phi) is 11.7. The van der Waals surface area contributed by atoms with Crippen molar-refractivity contribution >= 4 is 29.4 Å². The van der Waals surface area contributed by atoms with Crippen molar-refractivity contribution in [2.75, 3.05) is 25.4 Å². The maximum atomic E-state index is 11.2. The number of carboxylic acids is 1. The van der Waals surface area contributed by atoms with E-state index < -0.39 is 42.8 Å². The van der Waals surface area contributed by atoms with Crippen molar-refractivity contribution in [1.29, 1.82) is 0 Å². The standard InChI is InChI=1S/C23H39N9O7/c24-14(23(36)37)5-4-13(28-8-7-27-6-2-1-3-16(25)38-12-33)9-15-18(34)19(35)22(39-15)32-11-31-17-20(26)29-10-30-21(17)32/h10-16,18-19,22,27-28,34-35H,1-9,24-25H2,(H,36,37)(H2,26,29,30)/t13-,14-,15+,16+,18-,19?,22+/m0/s1. The molecule has 16 heteroatoms. The quantitative estimate of drug-likeness (QED) is 0.0552. The summed E-state index contributed by atoms with van der Waals surface area (Å²) >= 11 is 0. The molecule has 0 amide bonds. The second-order valence-corrected chi connectivity index (χ2v) is 9.55. The average molecular weight is 554 g/mol. The zero-order chi connectivity index (χ0) is 28.4. The molecule has 0 saturated carbocycles. The van der Waals surface area contributed by atoms with Crippen LogP contribution < -0.4 is 27.8 Å². The van der Waals surface area contributed by atoms with Crippen molar-refractivity contribution in [3.8, 4) is 0 Å². The van der Waals surface area contributed by atoms with E-state index in [1.54, 1.807) is 0 Å². The Balaban J connectivity index is 1.53. The Hall–Kier alpha value is -2.99. The number of aliphatic carboxylic acids is 1. The predicted molar refractivity (Wildman–Crippen MR) is 139 cm³/mol. The third-order valence-corrected chi connectivity index (χ3v) is 6.72. The van der Waals surface area contributed by atoms with Crippen LogP contribution in [0, 0.1) is 0 Å². The van der Waals surface area contributed by atoms with Gasteiger partial charge >= 0.3 is 5.97 Å². The molecule has 218 valence electrons. The minimum absolute atomic E-state index is 0.187. The van der Waals surface area contributed by atoms with Gasteiger partial charge in [0.25, 0.3) is 6.47 Å². The number of carboxylic acid groups (broad SMARTS) is 1. The van der Waals surface area contributed by atoms with E-state index in [1.165, 1.54) is 17.2 Å². The van der Waals surface area contributed by atoms with Gasteiger partial charge in [-0.1, -0.05) is 0 Å². The molecular weight excluding hydrogens is 514 g/mol. The van der Waals surface area contributed by atoms with E-state index in [0.29, 0.717) is 50.0 Å². The summed E-state index contributed by atoms with van der Waals surface area (Å²) in [6.07, 6.45) is 1.16. The molecule has 0 radical (unpaired) electrons. The van der Waals surface area contributed by atoms with Gasteiger partial charge in [-0.25, -0.2) is 15.0 Å². The molecule has 16 nitrogen and oxygen atoms in total. The fraction of sp³-hybridized carbons (Fsp3) is 0.696. The van der Waals surface area contributed by atoms with Gasteiger partial charge in [0.15, 0.2) is 23.9 Å². The molecule has 1 aliphatic rings. The third-order valence-electron chi connectivity index (χ3n) is 6.72. The summed E-state index contributed by atoms with van der Waals surface area (Å²) in [5, 5.41) is 37.4. The van der Waals surface area contributed by atoms with Gasteiger partial charge in [-0.3, -0.25) is 19.9 Å².